The van der Waals surface area contributed by atoms with Crippen LogP contribution in [0.2, 0.25) is 0 Å². The molecule has 0 spiro atoms. The maximum absolute atomic E-state index is 14.5. The molecule has 2 N–H and O–H groups in total. The summed E-state index contributed by atoms with van der Waals surface area (Å²) in [5.41, 5.74) is 0.688. The monoisotopic (exact) mass is 583 g/mol. The molecule has 220 valence electrons. The number of hydrogen-bond donors (Lipinski definition) is 2. The Morgan fingerprint density at radius 3 is 2.67 bits per heavy atom. The van der Waals surface area contributed by atoms with E-state index in [0.717, 1.165) is 12.1 Å². The van der Waals surface area contributed by atoms with Crippen LogP contribution in [0.15, 0.2) is 54.6 Å². The number of hydrogen-bond acceptors (Lipinski definition) is 6. The normalized spacial score (nSPS) is 19.0. The molecule has 42 heavy (non-hydrogen) atoms. The van der Waals surface area contributed by atoms with Crippen molar-refractivity contribution in [3.8, 4) is 17.2 Å². The lowest BCUT2D eigenvalue weighted by molar-refractivity contribution is -0.133. The van der Waals surface area contributed by atoms with Gasteiger partial charge in [-0.1, -0.05) is 6.07 Å². The van der Waals surface area contributed by atoms with E-state index in [9.17, 15) is 27.6 Å². The van der Waals surface area contributed by atoms with Crippen LogP contribution in [-0.4, -0.2) is 61.6 Å². The summed E-state index contributed by atoms with van der Waals surface area (Å²) in [6, 6.07) is 10.8. The first-order chi connectivity index (χ1) is 20.2. The molecule has 0 aromatic heterocycles. The first-order valence-electron chi connectivity index (χ1n) is 13.2. The third-order valence-corrected chi connectivity index (χ3v) is 7.07. The predicted molar refractivity (Wildman–Crippen MR) is 144 cm³/mol. The molecule has 3 aromatic rings. The lowest BCUT2D eigenvalue weighted by Crippen LogP contribution is -2.58. The first-order valence-corrected chi connectivity index (χ1v) is 13.2. The summed E-state index contributed by atoms with van der Waals surface area (Å²) >= 11 is 0. The molecule has 0 unspecified atom stereocenters. The molecule has 3 aromatic carbocycles. The molecule has 4 bridgehead atoms. The van der Waals surface area contributed by atoms with Gasteiger partial charge in [0.2, 0.25) is 5.91 Å². The van der Waals surface area contributed by atoms with Crippen molar-refractivity contribution in [2.75, 3.05) is 26.8 Å². The van der Waals surface area contributed by atoms with Gasteiger partial charge in [-0.3, -0.25) is 14.4 Å². The fraction of sp³-hybridized carbons (Fsp3) is 0.300. The van der Waals surface area contributed by atoms with E-state index in [1.807, 2.05) is 0 Å². The SMILES string of the molecule is COc1ccc2cc1OCC(=O)NCc1cc(F)cc(c1)O[C@@H]1CCN(C(=O)Cc3ccc(F)cc3F)C[C@@H]1NC2=O. The standard InChI is InChI=1S/C30H28F3N3O6/c1-40-26-5-3-19-10-27(26)41-16-28(37)34-14-17-8-21(32)12-22(9-17)42-25-6-7-36(15-24(25)35-30(19)39)29(38)11-18-2-4-20(31)13-23(18)33/h2-5,8-10,12-13,24-25H,6-7,11,14-16H2,1H3,(H,34,37)(H,35,39)/t24-,25+/m0/s1. The number of ether oxygens (including phenoxy) is 3. The van der Waals surface area contributed by atoms with E-state index >= 15 is 0 Å². The first kappa shape index (κ1) is 28.8. The van der Waals surface area contributed by atoms with Crippen LogP contribution in [0, 0.1) is 17.5 Å². The van der Waals surface area contributed by atoms with E-state index in [1.54, 1.807) is 6.07 Å². The van der Waals surface area contributed by atoms with Gasteiger partial charge in [0, 0.05) is 43.8 Å². The second kappa shape index (κ2) is 12.4. The summed E-state index contributed by atoms with van der Waals surface area (Å²) in [6.07, 6.45) is -0.690. The number of amides is 3. The molecule has 3 amide bonds. The Labute approximate surface area is 239 Å². The number of nitrogens with one attached hydrogen (secondary N) is 2. The summed E-state index contributed by atoms with van der Waals surface area (Å²) < 4.78 is 59.1. The average molecular weight is 584 g/mol. The van der Waals surface area contributed by atoms with Crippen molar-refractivity contribution in [3.05, 3.63) is 88.7 Å². The molecule has 12 heteroatoms. The Hall–Kier alpha value is -4.74. The summed E-state index contributed by atoms with van der Waals surface area (Å²) in [5.74, 6) is -2.89. The topological polar surface area (TPSA) is 106 Å². The number of carbonyl (C=O) groups excluding carboxylic acids is 3. The second-order valence-electron chi connectivity index (χ2n) is 10.0. The van der Waals surface area contributed by atoms with Crippen LogP contribution in [0.5, 0.6) is 17.2 Å². The van der Waals surface area contributed by atoms with Gasteiger partial charge in [0.25, 0.3) is 11.8 Å². The van der Waals surface area contributed by atoms with Crippen LogP contribution in [0.4, 0.5) is 13.2 Å². The molecular weight excluding hydrogens is 555 g/mol. The van der Waals surface area contributed by atoms with E-state index in [-0.39, 0.29) is 61.7 Å². The highest BCUT2D eigenvalue weighted by molar-refractivity contribution is 5.95. The molecule has 1 saturated heterocycles. The summed E-state index contributed by atoms with van der Waals surface area (Å²) in [5, 5.41) is 5.55. The highest BCUT2D eigenvalue weighted by Crippen LogP contribution is 2.29. The third kappa shape index (κ3) is 6.76. The Bertz CT molecular complexity index is 1520. The minimum Gasteiger partial charge on any atom is -0.493 e. The lowest BCUT2D eigenvalue weighted by Gasteiger charge is -2.39. The zero-order chi connectivity index (χ0) is 29.8. The largest absolute Gasteiger partial charge is 0.493 e. The number of piperidine rings is 1. The fourth-order valence-electron chi connectivity index (χ4n) is 4.92. The fourth-order valence-corrected chi connectivity index (χ4v) is 4.92. The van der Waals surface area contributed by atoms with Gasteiger partial charge >= 0.3 is 0 Å². The maximum atomic E-state index is 14.5. The van der Waals surface area contributed by atoms with Crippen molar-refractivity contribution in [2.24, 2.45) is 0 Å². The second-order valence-corrected chi connectivity index (χ2v) is 10.0. The maximum Gasteiger partial charge on any atom is 0.258 e. The average Bonchev–Trinajstić information content (AvgIpc) is 2.96. The minimum atomic E-state index is -0.824. The number of nitrogens with zero attached hydrogens (tertiary/aromatic N) is 1. The highest BCUT2D eigenvalue weighted by Gasteiger charge is 2.35. The number of fused-ring (bicyclic) bond motifs is 5. The van der Waals surface area contributed by atoms with Gasteiger partial charge in [-0.15, -0.1) is 0 Å². The Morgan fingerprint density at radius 1 is 1.05 bits per heavy atom. The molecule has 2 aliphatic heterocycles. The lowest BCUT2D eigenvalue weighted by atomic mass is 9.99. The third-order valence-electron chi connectivity index (χ3n) is 7.07. The van der Waals surface area contributed by atoms with E-state index in [2.05, 4.69) is 10.6 Å². The zero-order valence-corrected chi connectivity index (χ0v) is 22.6. The van der Waals surface area contributed by atoms with Crippen LogP contribution >= 0.6 is 0 Å². The number of likely N-dealkylation sites (tertiary alicyclic amines) is 1. The smallest absolute Gasteiger partial charge is 0.258 e. The zero-order valence-electron chi connectivity index (χ0n) is 22.6. The molecular formula is C30H28F3N3O6. The number of benzene rings is 3. The van der Waals surface area contributed by atoms with Crippen molar-refractivity contribution in [2.45, 2.75) is 31.5 Å². The molecule has 0 radical (unpaired) electrons. The van der Waals surface area contributed by atoms with Crippen LogP contribution in [0.1, 0.15) is 27.9 Å². The van der Waals surface area contributed by atoms with Crippen molar-refractivity contribution < 1.29 is 41.8 Å². The molecule has 2 aliphatic rings. The molecule has 0 aliphatic carbocycles. The minimum absolute atomic E-state index is 0.0144. The van der Waals surface area contributed by atoms with Crippen LogP contribution in [0.3, 0.4) is 0 Å². The van der Waals surface area contributed by atoms with Gasteiger partial charge in [0.1, 0.15) is 29.3 Å². The Kier molecular flexibility index (Phi) is 8.51. The van der Waals surface area contributed by atoms with Crippen molar-refractivity contribution in [3.63, 3.8) is 0 Å². The van der Waals surface area contributed by atoms with Gasteiger partial charge in [-0.2, -0.15) is 0 Å². The Balaban J connectivity index is 1.43. The number of rotatable bonds is 3. The highest BCUT2D eigenvalue weighted by atomic mass is 19.1. The molecule has 2 heterocycles. The van der Waals surface area contributed by atoms with Gasteiger partial charge in [0.15, 0.2) is 18.1 Å². The predicted octanol–water partition coefficient (Wildman–Crippen LogP) is 3.14. The van der Waals surface area contributed by atoms with E-state index < -0.39 is 47.3 Å². The number of halogens is 3. The molecule has 5 rings (SSSR count). The van der Waals surface area contributed by atoms with Crippen molar-refractivity contribution in [1.82, 2.24) is 15.5 Å². The van der Waals surface area contributed by atoms with Gasteiger partial charge in [-0.25, -0.2) is 13.2 Å². The summed E-state index contributed by atoms with van der Waals surface area (Å²) in [7, 11) is 1.42. The van der Waals surface area contributed by atoms with Crippen molar-refractivity contribution in [1.29, 1.82) is 0 Å². The van der Waals surface area contributed by atoms with Gasteiger partial charge in [0.05, 0.1) is 19.6 Å². The molecule has 9 nitrogen and oxygen atoms in total. The van der Waals surface area contributed by atoms with E-state index in [4.69, 9.17) is 14.2 Å². The Morgan fingerprint density at radius 2 is 1.88 bits per heavy atom. The van der Waals surface area contributed by atoms with Crippen LogP contribution in [-0.2, 0) is 22.6 Å². The molecule has 2 atom stereocenters. The van der Waals surface area contributed by atoms with E-state index in [0.29, 0.717) is 11.3 Å². The van der Waals surface area contributed by atoms with Gasteiger partial charge < -0.3 is 29.7 Å². The van der Waals surface area contributed by atoms with Gasteiger partial charge in [-0.05, 0) is 47.5 Å². The number of carbonyl (C=O) groups is 3. The summed E-state index contributed by atoms with van der Waals surface area (Å²) in [6.45, 7) is -0.121. The summed E-state index contributed by atoms with van der Waals surface area (Å²) in [4.78, 5) is 40.4. The van der Waals surface area contributed by atoms with Crippen LogP contribution in [0.25, 0.3) is 0 Å². The molecule has 0 saturated carbocycles. The van der Waals surface area contributed by atoms with Crippen molar-refractivity contribution >= 4 is 17.7 Å². The number of methoxy groups -OCH3 is 1. The van der Waals surface area contributed by atoms with E-state index in [1.165, 1.54) is 48.4 Å². The molecule has 1 fully saturated rings. The quantitative estimate of drug-likeness (QED) is 0.491. The van der Waals surface area contributed by atoms with Crippen LogP contribution < -0.4 is 24.8 Å².